The van der Waals surface area contributed by atoms with Crippen LogP contribution >= 0.6 is 0 Å². The van der Waals surface area contributed by atoms with Gasteiger partial charge in [0, 0.05) is 11.6 Å². The van der Waals surface area contributed by atoms with Gasteiger partial charge in [-0.3, -0.25) is 4.79 Å². The van der Waals surface area contributed by atoms with Crippen LogP contribution in [-0.4, -0.2) is 36.4 Å². The van der Waals surface area contributed by atoms with Gasteiger partial charge in [0.15, 0.2) is 0 Å². The van der Waals surface area contributed by atoms with Crippen molar-refractivity contribution in [3.63, 3.8) is 0 Å². The highest BCUT2D eigenvalue weighted by Crippen LogP contribution is 2.27. The zero-order valence-corrected chi connectivity index (χ0v) is 15.5. The molecule has 136 valence electrons. The Labute approximate surface area is 141 Å². The predicted molar refractivity (Wildman–Crippen MR) is 85.8 cm³/mol. The van der Waals surface area contributed by atoms with E-state index in [1.807, 2.05) is 0 Å². The Balaban J connectivity index is 3.28. The number of rotatable bonds is 4. The number of halogens is 2. The van der Waals surface area contributed by atoms with Gasteiger partial charge in [-0.1, -0.05) is 0 Å². The molecule has 0 heterocycles. The fourth-order valence-electron chi connectivity index (χ4n) is 1.98. The summed E-state index contributed by atoms with van der Waals surface area (Å²) in [5.74, 6) is -2.86. The standard InChI is InChI=1S/C16H23F2NO4S/c1-15(2,3)19(10-14(20)23-16(4,5)6)24(21,22)13-8-7-11(17)9-12(13)18/h7-9H,10H2,1-6H3. The minimum atomic E-state index is -4.37. The molecule has 0 saturated carbocycles. The SMILES string of the molecule is CC(C)(C)OC(=O)CN(C(C)(C)C)S(=O)(=O)c1ccc(F)cc1F. The maximum Gasteiger partial charge on any atom is 0.321 e. The van der Waals surface area contributed by atoms with Crippen molar-refractivity contribution >= 4 is 16.0 Å². The topological polar surface area (TPSA) is 63.7 Å². The zero-order chi connectivity index (χ0) is 18.9. The first-order valence-electron chi connectivity index (χ1n) is 7.34. The van der Waals surface area contributed by atoms with Gasteiger partial charge in [-0.2, -0.15) is 4.31 Å². The highest BCUT2D eigenvalue weighted by molar-refractivity contribution is 7.89. The summed E-state index contributed by atoms with van der Waals surface area (Å²) >= 11 is 0. The fourth-order valence-corrected chi connectivity index (χ4v) is 3.76. The Bertz CT molecular complexity index is 719. The number of hydrogen-bond acceptors (Lipinski definition) is 4. The number of carbonyl (C=O) groups is 1. The Kier molecular flexibility index (Phi) is 5.77. The fraction of sp³-hybridized carbons (Fsp3) is 0.562. The summed E-state index contributed by atoms with van der Waals surface area (Å²) in [6.07, 6.45) is 0. The lowest BCUT2D eigenvalue weighted by atomic mass is 10.1. The Hall–Kier alpha value is -1.54. The van der Waals surface area contributed by atoms with Crippen molar-refractivity contribution in [2.75, 3.05) is 6.54 Å². The van der Waals surface area contributed by atoms with E-state index in [9.17, 15) is 22.0 Å². The molecule has 0 atom stereocenters. The molecule has 1 aromatic rings. The van der Waals surface area contributed by atoms with E-state index in [2.05, 4.69) is 0 Å². The maximum atomic E-state index is 13.9. The summed E-state index contributed by atoms with van der Waals surface area (Å²) in [6, 6.07) is 2.18. The average Bonchev–Trinajstić information content (AvgIpc) is 2.31. The summed E-state index contributed by atoms with van der Waals surface area (Å²) in [7, 11) is -4.37. The molecule has 24 heavy (non-hydrogen) atoms. The van der Waals surface area contributed by atoms with Crippen LogP contribution < -0.4 is 0 Å². The van der Waals surface area contributed by atoms with Crippen LogP contribution in [0.3, 0.4) is 0 Å². The summed E-state index contributed by atoms with van der Waals surface area (Å²) in [6.45, 7) is 9.07. The smallest absolute Gasteiger partial charge is 0.321 e. The maximum absolute atomic E-state index is 13.9. The number of ether oxygens (including phenoxy) is 1. The van der Waals surface area contributed by atoms with Crippen molar-refractivity contribution in [2.45, 2.75) is 57.6 Å². The van der Waals surface area contributed by atoms with Crippen LogP contribution in [0.25, 0.3) is 0 Å². The van der Waals surface area contributed by atoms with Crippen molar-refractivity contribution in [1.29, 1.82) is 0 Å². The lowest BCUT2D eigenvalue weighted by Gasteiger charge is -2.34. The first-order valence-corrected chi connectivity index (χ1v) is 8.78. The molecule has 0 aromatic heterocycles. The van der Waals surface area contributed by atoms with Gasteiger partial charge in [-0.05, 0) is 53.7 Å². The van der Waals surface area contributed by atoms with E-state index in [1.165, 1.54) is 0 Å². The number of esters is 1. The molecule has 0 bridgehead atoms. The molecule has 0 aliphatic carbocycles. The van der Waals surface area contributed by atoms with Crippen LogP contribution in [0.5, 0.6) is 0 Å². The highest BCUT2D eigenvalue weighted by Gasteiger charge is 2.38. The van der Waals surface area contributed by atoms with Crippen molar-refractivity contribution in [3.8, 4) is 0 Å². The van der Waals surface area contributed by atoms with Crippen LogP contribution in [0.1, 0.15) is 41.5 Å². The van der Waals surface area contributed by atoms with Crippen LogP contribution in [0.15, 0.2) is 23.1 Å². The van der Waals surface area contributed by atoms with Crippen molar-refractivity contribution in [1.82, 2.24) is 4.31 Å². The van der Waals surface area contributed by atoms with Gasteiger partial charge in [0.05, 0.1) is 0 Å². The van der Waals surface area contributed by atoms with E-state index < -0.39 is 50.2 Å². The molecule has 0 aliphatic rings. The molecule has 5 nitrogen and oxygen atoms in total. The second-order valence-electron chi connectivity index (χ2n) is 7.34. The molecule has 0 amide bonds. The molecular formula is C16H23F2NO4S. The molecule has 0 unspecified atom stereocenters. The van der Waals surface area contributed by atoms with E-state index in [0.29, 0.717) is 6.07 Å². The monoisotopic (exact) mass is 363 g/mol. The summed E-state index contributed by atoms with van der Waals surface area (Å²) in [4.78, 5) is 11.4. The molecule has 8 heteroatoms. The molecule has 0 saturated heterocycles. The summed E-state index contributed by atoms with van der Waals surface area (Å²) in [5.41, 5.74) is -1.80. The van der Waals surface area contributed by atoms with Crippen molar-refractivity contribution < 1.29 is 26.7 Å². The lowest BCUT2D eigenvalue weighted by molar-refractivity contribution is -0.155. The Morgan fingerprint density at radius 3 is 2.08 bits per heavy atom. The third kappa shape index (κ3) is 5.24. The van der Waals surface area contributed by atoms with E-state index in [-0.39, 0.29) is 0 Å². The van der Waals surface area contributed by atoms with Crippen molar-refractivity contribution in [3.05, 3.63) is 29.8 Å². The number of nitrogens with zero attached hydrogens (tertiary/aromatic N) is 1. The van der Waals surface area contributed by atoms with Gasteiger partial charge in [-0.25, -0.2) is 17.2 Å². The second-order valence-corrected chi connectivity index (χ2v) is 9.17. The number of hydrogen-bond donors (Lipinski definition) is 0. The Morgan fingerprint density at radius 1 is 1.12 bits per heavy atom. The lowest BCUT2D eigenvalue weighted by Crippen LogP contribution is -2.49. The first-order chi connectivity index (χ1) is 10.6. The molecule has 1 rings (SSSR count). The molecule has 0 N–H and O–H groups in total. The minimum absolute atomic E-state index is 0.487. The van der Waals surface area contributed by atoms with Crippen LogP contribution in [-0.2, 0) is 19.6 Å². The van der Waals surface area contributed by atoms with Crippen molar-refractivity contribution in [2.24, 2.45) is 0 Å². The van der Waals surface area contributed by atoms with E-state index in [4.69, 9.17) is 4.74 Å². The van der Waals surface area contributed by atoms with E-state index in [0.717, 1.165) is 16.4 Å². The summed E-state index contributed by atoms with van der Waals surface area (Å²) in [5, 5.41) is 0. The number of benzene rings is 1. The number of carbonyl (C=O) groups excluding carboxylic acids is 1. The van der Waals surface area contributed by atoms with Gasteiger partial charge in [0.1, 0.15) is 28.7 Å². The van der Waals surface area contributed by atoms with E-state index in [1.54, 1.807) is 41.5 Å². The summed E-state index contributed by atoms with van der Waals surface area (Å²) < 4.78 is 58.5. The normalized spacial score (nSPS) is 13.2. The van der Waals surface area contributed by atoms with Gasteiger partial charge in [-0.15, -0.1) is 0 Å². The predicted octanol–water partition coefficient (Wildman–Crippen LogP) is 3.10. The largest absolute Gasteiger partial charge is 0.459 e. The quantitative estimate of drug-likeness (QED) is 0.771. The van der Waals surface area contributed by atoms with E-state index >= 15 is 0 Å². The third-order valence-electron chi connectivity index (χ3n) is 2.90. The molecule has 0 radical (unpaired) electrons. The van der Waals surface area contributed by atoms with Crippen LogP contribution in [0.4, 0.5) is 8.78 Å². The molecular weight excluding hydrogens is 340 g/mol. The van der Waals surface area contributed by atoms with Gasteiger partial charge in [0.25, 0.3) is 0 Å². The number of sulfonamides is 1. The molecule has 0 aliphatic heterocycles. The molecule has 0 fully saturated rings. The van der Waals surface area contributed by atoms with Gasteiger partial charge in [0.2, 0.25) is 10.0 Å². The van der Waals surface area contributed by atoms with Crippen LogP contribution in [0.2, 0.25) is 0 Å². The highest BCUT2D eigenvalue weighted by atomic mass is 32.2. The minimum Gasteiger partial charge on any atom is -0.459 e. The first kappa shape index (κ1) is 20.5. The second kappa shape index (κ2) is 6.76. The molecule has 0 spiro atoms. The van der Waals surface area contributed by atoms with Gasteiger partial charge < -0.3 is 4.74 Å². The average molecular weight is 363 g/mol. The van der Waals surface area contributed by atoms with Gasteiger partial charge >= 0.3 is 5.97 Å². The molecule has 1 aromatic carbocycles. The third-order valence-corrected chi connectivity index (χ3v) is 5.05. The Morgan fingerprint density at radius 2 is 1.67 bits per heavy atom. The zero-order valence-electron chi connectivity index (χ0n) is 14.7. The van der Waals surface area contributed by atoms with Crippen LogP contribution in [0, 0.1) is 11.6 Å².